The van der Waals surface area contributed by atoms with Crippen molar-refractivity contribution in [2.24, 2.45) is 0 Å². The lowest BCUT2D eigenvalue weighted by molar-refractivity contribution is 0.0950. The highest BCUT2D eigenvalue weighted by atomic mass is 32.2. The quantitative estimate of drug-likeness (QED) is 0.577. The Hall–Kier alpha value is -2.49. The molecule has 1 amide bonds. The number of piperidine rings is 1. The molecule has 174 valence electrons. The first-order chi connectivity index (χ1) is 15.3. The normalized spacial score (nSPS) is 17.2. The van der Waals surface area contributed by atoms with Gasteiger partial charge in [-0.3, -0.25) is 4.79 Å². The van der Waals surface area contributed by atoms with Crippen LogP contribution in [0.3, 0.4) is 0 Å². The van der Waals surface area contributed by atoms with Crippen LogP contribution in [-0.4, -0.2) is 56.5 Å². The average Bonchev–Trinajstić information content (AvgIpc) is 2.79. The molecule has 1 atom stereocenters. The second-order valence-corrected chi connectivity index (χ2v) is 9.86. The molecule has 3 rings (SSSR count). The zero-order chi connectivity index (χ0) is 23.1. The Bertz CT molecular complexity index is 1020. The van der Waals surface area contributed by atoms with Gasteiger partial charge in [0, 0.05) is 44.1 Å². The minimum absolute atomic E-state index is 0.0405. The van der Waals surface area contributed by atoms with E-state index in [2.05, 4.69) is 10.3 Å². The molecule has 1 aliphatic heterocycles. The maximum atomic E-state index is 13.2. The van der Waals surface area contributed by atoms with Crippen molar-refractivity contribution in [2.45, 2.75) is 50.6 Å². The third-order valence-electron chi connectivity index (χ3n) is 5.59. The first-order valence-electron chi connectivity index (χ1n) is 10.8. The van der Waals surface area contributed by atoms with Gasteiger partial charge < -0.3 is 14.8 Å². The van der Waals surface area contributed by atoms with Crippen LogP contribution in [0.4, 0.5) is 0 Å². The Morgan fingerprint density at radius 1 is 1.22 bits per heavy atom. The SMILES string of the molecule is COCCOc1ccc(CNC(=O)c2cc(S(=O)(=O)N3CCCCC3C)ccc2C)cn1. The molecule has 0 saturated carbocycles. The van der Waals surface area contributed by atoms with E-state index in [-0.39, 0.29) is 23.4 Å². The molecule has 1 aromatic carbocycles. The second kappa shape index (κ2) is 10.9. The van der Waals surface area contributed by atoms with Crippen LogP contribution in [0.5, 0.6) is 5.88 Å². The second-order valence-electron chi connectivity index (χ2n) is 7.97. The van der Waals surface area contributed by atoms with E-state index >= 15 is 0 Å². The number of aryl methyl sites for hydroxylation is 1. The van der Waals surface area contributed by atoms with E-state index in [1.165, 1.54) is 6.07 Å². The molecule has 1 aliphatic rings. The number of carbonyl (C=O) groups is 1. The van der Waals surface area contributed by atoms with Crippen molar-refractivity contribution in [3.8, 4) is 5.88 Å². The molecule has 0 spiro atoms. The Labute approximate surface area is 190 Å². The number of sulfonamides is 1. The lowest BCUT2D eigenvalue weighted by Crippen LogP contribution is -2.42. The van der Waals surface area contributed by atoms with Gasteiger partial charge in [-0.25, -0.2) is 13.4 Å². The molecule has 32 heavy (non-hydrogen) atoms. The molecule has 1 unspecified atom stereocenters. The van der Waals surface area contributed by atoms with Crippen molar-refractivity contribution in [1.82, 2.24) is 14.6 Å². The van der Waals surface area contributed by atoms with Gasteiger partial charge >= 0.3 is 0 Å². The number of carbonyl (C=O) groups excluding carboxylic acids is 1. The molecule has 0 bridgehead atoms. The number of benzene rings is 1. The summed E-state index contributed by atoms with van der Waals surface area (Å²) >= 11 is 0. The fourth-order valence-electron chi connectivity index (χ4n) is 3.68. The zero-order valence-electron chi connectivity index (χ0n) is 18.8. The van der Waals surface area contributed by atoms with Crippen LogP contribution in [0, 0.1) is 6.92 Å². The first kappa shape index (κ1) is 24.2. The van der Waals surface area contributed by atoms with E-state index < -0.39 is 10.0 Å². The van der Waals surface area contributed by atoms with Gasteiger partial charge in [0.25, 0.3) is 5.91 Å². The van der Waals surface area contributed by atoms with Crippen molar-refractivity contribution in [1.29, 1.82) is 0 Å². The number of nitrogens with one attached hydrogen (secondary N) is 1. The molecule has 1 fully saturated rings. The van der Waals surface area contributed by atoms with E-state index in [1.54, 1.807) is 42.7 Å². The topological polar surface area (TPSA) is 97.8 Å². The van der Waals surface area contributed by atoms with E-state index in [4.69, 9.17) is 9.47 Å². The van der Waals surface area contributed by atoms with Crippen LogP contribution in [-0.2, 0) is 21.3 Å². The standard InChI is InChI=1S/C23H31N3O5S/c1-17-7-9-20(32(28,29)26-11-5-4-6-18(26)2)14-21(17)23(27)25-16-19-8-10-22(24-15-19)31-13-12-30-3/h7-10,14-15,18H,4-6,11-13,16H2,1-3H3,(H,25,27). The lowest BCUT2D eigenvalue weighted by Gasteiger charge is -2.32. The maximum Gasteiger partial charge on any atom is 0.251 e. The van der Waals surface area contributed by atoms with E-state index in [1.807, 2.05) is 13.0 Å². The Morgan fingerprint density at radius 2 is 2.03 bits per heavy atom. The van der Waals surface area contributed by atoms with Crippen LogP contribution >= 0.6 is 0 Å². The molecule has 2 aromatic rings. The summed E-state index contributed by atoms with van der Waals surface area (Å²) < 4.78 is 38.2. The number of ether oxygens (including phenoxy) is 2. The smallest absolute Gasteiger partial charge is 0.251 e. The number of pyridine rings is 1. The summed E-state index contributed by atoms with van der Waals surface area (Å²) in [6.07, 6.45) is 4.37. The third-order valence-corrected chi connectivity index (χ3v) is 7.60. The molecule has 8 nitrogen and oxygen atoms in total. The monoisotopic (exact) mass is 461 g/mol. The largest absolute Gasteiger partial charge is 0.475 e. The maximum absolute atomic E-state index is 13.2. The van der Waals surface area contributed by atoms with Crippen LogP contribution in [0.2, 0.25) is 0 Å². The number of aromatic nitrogens is 1. The van der Waals surface area contributed by atoms with Gasteiger partial charge in [0.05, 0.1) is 11.5 Å². The van der Waals surface area contributed by atoms with Crippen molar-refractivity contribution in [3.05, 3.63) is 53.2 Å². The van der Waals surface area contributed by atoms with Gasteiger partial charge in [-0.2, -0.15) is 4.31 Å². The Morgan fingerprint density at radius 3 is 2.72 bits per heavy atom. The molecule has 9 heteroatoms. The van der Waals surface area contributed by atoms with Gasteiger partial charge in [-0.15, -0.1) is 0 Å². The highest BCUT2D eigenvalue weighted by molar-refractivity contribution is 7.89. The molecule has 0 aliphatic carbocycles. The molecular formula is C23H31N3O5S. The van der Waals surface area contributed by atoms with Crippen molar-refractivity contribution in [2.75, 3.05) is 26.9 Å². The van der Waals surface area contributed by atoms with Crippen molar-refractivity contribution >= 4 is 15.9 Å². The minimum Gasteiger partial charge on any atom is -0.475 e. The highest BCUT2D eigenvalue weighted by Crippen LogP contribution is 2.26. The fourth-order valence-corrected chi connectivity index (χ4v) is 5.40. The molecule has 1 N–H and O–H groups in total. The predicted octanol–water partition coefficient (Wildman–Crippen LogP) is 2.91. The number of nitrogens with zero attached hydrogens (tertiary/aromatic N) is 2. The summed E-state index contributed by atoms with van der Waals surface area (Å²) in [5, 5.41) is 2.85. The van der Waals surface area contributed by atoms with E-state index in [0.29, 0.717) is 36.8 Å². The van der Waals surface area contributed by atoms with Crippen molar-refractivity contribution < 1.29 is 22.7 Å². The lowest BCUT2D eigenvalue weighted by atomic mass is 10.1. The number of hydrogen-bond donors (Lipinski definition) is 1. The van der Waals surface area contributed by atoms with Gasteiger partial charge in [-0.05, 0) is 49.9 Å². The summed E-state index contributed by atoms with van der Waals surface area (Å²) in [5.74, 6) is 0.157. The van der Waals surface area contributed by atoms with Crippen molar-refractivity contribution in [3.63, 3.8) is 0 Å². The molecule has 1 saturated heterocycles. The molecule has 0 radical (unpaired) electrons. The third kappa shape index (κ3) is 5.85. The summed E-state index contributed by atoms with van der Waals surface area (Å²) in [6.45, 7) is 5.39. The number of hydrogen-bond acceptors (Lipinski definition) is 6. The highest BCUT2D eigenvalue weighted by Gasteiger charge is 2.31. The summed E-state index contributed by atoms with van der Waals surface area (Å²) in [7, 11) is -2.04. The minimum atomic E-state index is -3.65. The number of rotatable bonds is 9. The fraction of sp³-hybridized carbons (Fsp3) is 0.478. The Kier molecular flexibility index (Phi) is 8.22. The number of amides is 1. The van der Waals surface area contributed by atoms with E-state index in [0.717, 1.165) is 24.8 Å². The summed E-state index contributed by atoms with van der Waals surface area (Å²) in [4.78, 5) is 17.2. The average molecular weight is 462 g/mol. The van der Waals surface area contributed by atoms with Crippen LogP contribution in [0.25, 0.3) is 0 Å². The van der Waals surface area contributed by atoms with Gasteiger partial charge in [-0.1, -0.05) is 18.6 Å². The summed E-state index contributed by atoms with van der Waals surface area (Å²) in [6, 6.07) is 8.25. The van der Waals surface area contributed by atoms with Gasteiger partial charge in [0.1, 0.15) is 6.61 Å². The molecule has 1 aromatic heterocycles. The number of methoxy groups -OCH3 is 1. The predicted molar refractivity (Wildman–Crippen MR) is 121 cm³/mol. The molecule has 2 heterocycles. The summed E-state index contributed by atoms with van der Waals surface area (Å²) in [5.41, 5.74) is 1.87. The van der Waals surface area contributed by atoms with Crippen LogP contribution in [0.15, 0.2) is 41.4 Å². The van der Waals surface area contributed by atoms with Crippen LogP contribution in [0.1, 0.15) is 47.7 Å². The van der Waals surface area contributed by atoms with Gasteiger partial charge in [0.15, 0.2) is 0 Å². The van der Waals surface area contributed by atoms with E-state index in [9.17, 15) is 13.2 Å². The van der Waals surface area contributed by atoms with Gasteiger partial charge in [0.2, 0.25) is 15.9 Å². The zero-order valence-corrected chi connectivity index (χ0v) is 19.7. The Balaban J connectivity index is 1.68. The molecular weight excluding hydrogens is 430 g/mol. The van der Waals surface area contributed by atoms with Crippen LogP contribution < -0.4 is 10.1 Å². The first-order valence-corrected chi connectivity index (χ1v) is 12.2.